The molecule has 14 heavy (non-hydrogen) atoms. The summed E-state index contributed by atoms with van der Waals surface area (Å²) in [5.74, 6) is 5.56. The molecule has 0 radical (unpaired) electrons. The minimum Gasteiger partial charge on any atom is -0.493 e. The van der Waals surface area contributed by atoms with E-state index >= 15 is 0 Å². The van der Waals surface area contributed by atoms with Crippen LogP contribution < -0.4 is 21.1 Å². The molecular formula is C6H10N4O3S. The Morgan fingerprint density at radius 3 is 2.64 bits per heavy atom. The van der Waals surface area contributed by atoms with Crippen molar-refractivity contribution in [2.75, 3.05) is 12.5 Å². The number of nitrogens with one attached hydrogen (secondary N) is 1. The third-order valence-corrected chi connectivity index (χ3v) is 2.39. The molecule has 0 saturated carbocycles. The number of nitrogens with two attached hydrogens (primary N) is 2. The number of pyridine rings is 1. The van der Waals surface area contributed by atoms with Crippen LogP contribution in [0, 0.1) is 0 Å². The molecule has 0 spiro atoms. The molecule has 0 bridgehead atoms. The van der Waals surface area contributed by atoms with E-state index in [1.165, 1.54) is 13.2 Å². The van der Waals surface area contributed by atoms with Crippen LogP contribution in [-0.2, 0) is 10.0 Å². The highest BCUT2D eigenvalue weighted by Crippen LogP contribution is 2.22. The lowest BCUT2D eigenvalue weighted by molar-refractivity contribution is 0.413. The van der Waals surface area contributed by atoms with Gasteiger partial charge in [0, 0.05) is 12.3 Å². The first-order valence-corrected chi connectivity index (χ1v) is 5.07. The minimum atomic E-state index is -3.77. The van der Waals surface area contributed by atoms with Crippen molar-refractivity contribution in [2.45, 2.75) is 4.90 Å². The summed E-state index contributed by atoms with van der Waals surface area (Å²) in [5.41, 5.74) is 2.25. The van der Waals surface area contributed by atoms with Crippen LogP contribution in [0.2, 0.25) is 0 Å². The first kappa shape index (κ1) is 10.7. The van der Waals surface area contributed by atoms with Gasteiger partial charge in [0.15, 0.2) is 11.6 Å². The van der Waals surface area contributed by atoms with E-state index in [1.807, 2.05) is 0 Å². The van der Waals surface area contributed by atoms with E-state index < -0.39 is 10.0 Å². The Balaban J connectivity index is 3.28. The predicted octanol–water partition coefficient (Wildman–Crippen LogP) is -0.977. The molecule has 0 saturated heterocycles. The molecule has 0 fully saturated rings. The number of methoxy groups -OCH3 is 1. The van der Waals surface area contributed by atoms with Crippen molar-refractivity contribution >= 4 is 15.8 Å². The fraction of sp³-hybridized carbons (Fsp3) is 0.167. The normalized spacial score (nSPS) is 11.1. The van der Waals surface area contributed by atoms with Gasteiger partial charge in [0.25, 0.3) is 0 Å². The van der Waals surface area contributed by atoms with Gasteiger partial charge in [0.05, 0.1) is 7.11 Å². The van der Waals surface area contributed by atoms with E-state index in [-0.39, 0.29) is 16.5 Å². The average molecular weight is 218 g/mol. The summed E-state index contributed by atoms with van der Waals surface area (Å²) in [6, 6.07) is 1.23. The van der Waals surface area contributed by atoms with Gasteiger partial charge in [-0.15, -0.1) is 0 Å². The molecule has 0 unspecified atom stereocenters. The van der Waals surface area contributed by atoms with Crippen LogP contribution in [0.15, 0.2) is 17.2 Å². The summed E-state index contributed by atoms with van der Waals surface area (Å²) < 4.78 is 26.7. The third kappa shape index (κ3) is 2.10. The summed E-state index contributed by atoms with van der Waals surface area (Å²) in [7, 11) is -2.41. The molecule has 8 heteroatoms. The Bertz CT molecular complexity index is 431. The molecule has 7 nitrogen and oxygen atoms in total. The maximum absolute atomic E-state index is 10.9. The van der Waals surface area contributed by atoms with Crippen LogP contribution in [0.4, 0.5) is 5.82 Å². The van der Waals surface area contributed by atoms with E-state index in [0.29, 0.717) is 0 Å². The van der Waals surface area contributed by atoms with Crippen LogP contribution in [0.5, 0.6) is 5.75 Å². The Hall–Kier alpha value is -1.38. The van der Waals surface area contributed by atoms with E-state index in [4.69, 9.17) is 15.7 Å². The molecule has 1 aromatic heterocycles. The summed E-state index contributed by atoms with van der Waals surface area (Å²) in [5, 5.41) is 4.90. The van der Waals surface area contributed by atoms with Gasteiger partial charge in [0.1, 0.15) is 4.90 Å². The van der Waals surface area contributed by atoms with Crippen molar-refractivity contribution in [1.82, 2.24) is 4.98 Å². The zero-order valence-electron chi connectivity index (χ0n) is 7.39. The highest BCUT2D eigenvalue weighted by atomic mass is 32.2. The minimum absolute atomic E-state index is 0.131. The SMILES string of the molecule is COc1cc(S(N)(=O)=O)cnc1NN. The first-order valence-electron chi connectivity index (χ1n) is 3.52. The Kier molecular flexibility index (Phi) is 2.89. The molecule has 5 N–H and O–H groups in total. The van der Waals surface area contributed by atoms with Gasteiger partial charge >= 0.3 is 0 Å². The summed E-state index contributed by atoms with van der Waals surface area (Å²) in [6.07, 6.45) is 1.09. The second kappa shape index (κ2) is 3.78. The first-order chi connectivity index (χ1) is 6.49. The summed E-state index contributed by atoms with van der Waals surface area (Å²) in [4.78, 5) is 3.58. The van der Waals surface area contributed by atoms with Gasteiger partial charge in [-0.25, -0.2) is 24.4 Å². The van der Waals surface area contributed by atoms with Gasteiger partial charge < -0.3 is 10.2 Å². The van der Waals surface area contributed by atoms with Crippen molar-refractivity contribution in [3.63, 3.8) is 0 Å². The highest BCUT2D eigenvalue weighted by molar-refractivity contribution is 7.89. The molecule has 0 aliphatic heterocycles. The molecule has 0 aromatic carbocycles. The van der Waals surface area contributed by atoms with Crippen LogP contribution in [0.3, 0.4) is 0 Å². The second-order valence-corrected chi connectivity index (χ2v) is 3.97. The number of hydrogen-bond acceptors (Lipinski definition) is 6. The molecule has 0 aliphatic rings. The molecule has 1 heterocycles. The number of hydrogen-bond donors (Lipinski definition) is 3. The zero-order chi connectivity index (χ0) is 10.8. The number of ether oxygens (including phenoxy) is 1. The average Bonchev–Trinajstić information content (AvgIpc) is 2.15. The number of hydrazine groups is 1. The number of primary sulfonamides is 1. The van der Waals surface area contributed by atoms with Gasteiger partial charge in [0.2, 0.25) is 10.0 Å². The smallest absolute Gasteiger partial charge is 0.239 e. The third-order valence-electron chi connectivity index (χ3n) is 1.51. The number of nitrogens with zero attached hydrogens (tertiary/aromatic N) is 1. The van der Waals surface area contributed by atoms with Crippen molar-refractivity contribution in [1.29, 1.82) is 0 Å². The number of nitrogen functional groups attached to an aromatic ring is 1. The molecule has 0 atom stereocenters. The summed E-state index contributed by atoms with van der Waals surface area (Å²) in [6.45, 7) is 0. The van der Waals surface area contributed by atoms with Gasteiger partial charge in [-0.2, -0.15) is 0 Å². The monoisotopic (exact) mass is 218 g/mol. The predicted molar refractivity (Wildman–Crippen MR) is 50.0 cm³/mol. The molecular weight excluding hydrogens is 208 g/mol. The second-order valence-electron chi connectivity index (χ2n) is 2.41. The van der Waals surface area contributed by atoms with Crippen LogP contribution >= 0.6 is 0 Å². The van der Waals surface area contributed by atoms with Gasteiger partial charge in [-0.05, 0) is 0 Å². The number of anilines is 1. The number of sulfonamides is 1. The molecule has 0 aliphatic carbocycles. The molecule has 1 rings (SSSR count). The zero-order valence-corrected chi connectivity index (χ0v) is 8.21. The van der Waals surface area contributed by atoms with Crippen molar-refractivity contribution in [3.8, 4) is 5.75 Å². The van der Waals surface area contributed by atoms with E-state index in [0.717, 1.165) is 6.20 Å². The lowest BCUT2D eigenvalue weighted by atomic mass is 10.4. The fourth-order valence-electron chi connectivity index (χ4n) is 0.846. The molecule has 1 aromatic rings. The van der Waals surface area contributed by atoms with Gasteiger partial charge in [-0.3, -0.25) is 0 Å². The number of aromatic nitrogens is 1. The standard InChI is InChI=1S/C6H10N4O3S/c1-13-5-2-4(14(8,11)12)3-9-6(5)10-7/h2-3H,7H2,1H3,(H,9,10)(H2,8,11,12). The lowest BCUT2D eigenvalue weighted by Crippen LogP contribution is -2.15. The fourth-order valence-corrected chi connectivity index (χ4v) is 1.32. The van der Waals surface area contributed by atoms with E-state index in [1.54, 1.807) is 0 Å². The molecule has 0 amide bonds. The maximum atomic E-state index is 10.9. The highest BCUT2D eigenvalue weighted by Gasteiger charge is 2.12. The van der Waals surface area contributed by atoms with Crippen LogP contribution in [-0.4, -0.2) is 20.5 Å². The van der Waals surface area contributed by atoms with Gasteiger partial charge in [-0.1, -0.05) is 0 Å². The van der Waals surface area contributed by atoms with Crippen molar-refractivity contribution < 1.29 is 13.2 Å². The quantitative estimate of drug-likeness (QED) is 0.443. The number of rotatable bonds is 3. The Labute approximate surface area is 81.1 Å². The van der Waals surface area contributed by atoms with Crippen LogP contribution in [0.25, 0.3) is 0 Å². The van der Waals surface area contributed by atoms with Crippen molar-refractivity contribution in [3.05, 3.63) is 12.3 Å². The lowest BCUT2D eigenvalue weighted by Gasteiger charge is -2.07. The Morgan fingerprint density at radius 1 is 1.57 bits per heavy atom. The van der Waals surface area contributed by atoms with Crippen LogP contribution in [0.1, 0.15) is 0 Å². The molecule has 78 valence electrons. The Morgan fingerprint density at radius 2 is 2.21 bits per heavy atom. The van der Waals surface area contributed by atoms with Crippen molar-refractivity contribution in [2.24, 2.45) is 11.0 Å². The topological polar surface area (TPSA) is 120 Å². The maximum Gasteiger partial charge on any atom is 0.239 e. The largest absolute Gasteiger partial charge is 0.493 e. The van der Waals surface area contributed by atoms with E-state index in [9.17, 15) is 8.42 Å². The van der Waals surface area contributed by atoms with E-state index in [2.05, 4.69) is 10.4 Å². The summed E-state index contributed by atoms with van der Waals surface area (Å²) >= 11 is 0.